The van der Waals surface area contributed by atoms with Crippen LogP contribution in [0.15, 0.2) is 18.2 Å². The minimum atomic E-state index is -0.668. The maximum Gasteiger partial charge on any atom is 0.119 e. The molecule has 1 aliphatic carbocycles. The van der Waals surface area contributed by atoms with Gasteiger partial charge in [0.2, 0.25) is 0 Å². The second kappa shape index (κ2) is 4.67. The highest BCUT2D eigenvalue weighted by atomic mass is 16.5. The van der Waals surface area contributed by atoms with Crippen LogP contribution in [0.4, 0.5) is 0 Å². The number of hydrogen-bond acceptors (Lipinski definition) is 3. The van der Waals surface area contributed by atoms with Crippen LogP contribution < -0.4 is 10.5 Å². The third-order valence-corrected chi connectivity index (χ3v) is 3.22. The van der Waals surface area contributed by atoms with Crippen molar-refractivity contribution in [2.45, 2.75) is 44.8 Å². The highest BCUT2D eigenvalue weighted by Crippen LogP contribution is 2.31. The van der Waals surface area contributed by atoms with Gasteiger partial charge in [-0.05, 0) is 49.9 Å². The molecule has 1 aromatic rings. The molecule has 0 bridgehead atoms. The molecule has 1 atom stereocenters. The van der Waals surface area contributed by atoms with Gasteiger partial charge in [-0.25, -0.2) is 0 Å². The van der Waals surface area contributed by atoms with E-state index in [0.717, 1.165) is 18.6 Å². The number of rotatable bonds is 4. The number of ether oxygens (including phenoxy) is 1. The number of nitrogens with two attached hydrogens (primary N) is 1. The Bertz CT molecular complexity index is 396. The zero-order valence-corrected chi connectivity index (χ0v) is 10.6. The molecule has 1 aliphatic rings. The first kappa shape index (κ1) is 12.4. The van der Waals surface area contributed by atoms with Gasteiger partial charge in [-0.1, -0.05) is 6.07 Å². The van der Waals surface area contributed by atoms with Gasteiger partial charge < -0.3 is 15.6 Å². The molecule has 0 saturated carbocycles. The van der Waals surface area contributed by atoms with Crippen LogP contribution in [-0.4, -0.2) is 17.3 Å². The van der Waals surface area contributed by atoms with Gasteiger partial charge in [0.25, 0.3) is 0 Å². The van der Waals surface area contributed by atoms with E-state index in [0.29, 0.717) is 13.0 Å². The SMILES string of the molecule is CC(C)(O)CCOc1ccc2c(c1)CC[C@H]2N. The summed E-state index contributed by atoms with van der Waals surface area (Å²) in [6, 6.07) is 6.29. The molecule has 0 fully saturated rings. The molecule has 3 N–H and O–H groups in total. The summed E-state index contributed by atoms with van der Waals surface area (Å²) in [5.41, 5.74) is 7.87. The smallest absolute Gasteiger partial charge is 0.119 e. The molecule has 0 unspecified atom stereocenters. The van der Waals surface area contributed by atoms with Gasteiger partial charge in [0.1, 0.15) is 5.75 Å². The van der Waals surface area contributed by atoms with E-state index in [9.17, 15) is 5.11 Å². The number of benzene rings is 1. The molecule has 3 heteroatoms. The lowest BCUT2D eigenvalue weighted by molar-refractivity contribution is 0.0553. The van der Waals surface area contributed by atoms with Crippen LogP contribution in [0.3, 0.4) is 0 Å². The fourth-order valence-corrected chi connectivity index (χ4v) is 2.14. The summed E-state index contributed by atoms with van der Waals surface area (Å²) >= 11 is 0. The van der Waals surface area contributed by atoms with Crippen molar-refractivity contribution in [2.24, 2.45) is 5.73 Å². The van der Waals surface area contributed by atoms with Gasteiger partial charge in [-0.3, -0.25) is 0 Å². The first-order valence-corrected chi connectivity index (χ1v) is 6.19. The van der Waals surface area contributed by atoms with Crippen molar-refractivity contribution < 1.29 is 9.84 Å². The molecule has 0 amide bonds. The van der Waals surface area contributed by atoms with Crippen molar-refractivity contribution in [3.05, 3.63) is 29.3 Å². The topological polar surface area (TPSA) is 55.5 Å². The minimum absolute atomic E-state index is 0.190. The molecule has 3 nitrogen and oxygen atoms in total. The van der Waals surface area contributed by atoms with E-state index in [1.165, 1.54) is 11.1 Å². The lowest BCUT2D eigenvalue weighted by Crippen LogP contribution is -2.21. The molecule has 0 aromatic heterocycles. The van der Waals surface area contributed by atoms with E-state index in [1.54, 1.807) is 13.8 Å². The van der Waals surface area contributed by atoms with Gasteiger partial charge in [0.15, 0.2) is 0 Å². The Kier molecular flexibility index (Phi) is 3.40. The zero-order chi connectivity index (χ0) is 12.5. The van der Waals surface area contributed by atoms with Crippen LogP contribution >= 0.6 is 0 Å². The highest BCUT2D eigenvalue weighted by Gasteiger charge is 2.19. The summed E-state index contributed by atoms with van der Waals surface area (Å²) in [7, 11) is 0. The van der Waals surface area contributed by atoms with Crippen molar-refractivity contribution in [2.75, 3.05) is 6.61 Å². The Hall–Kier alpha value is -1.06. The maximum atomic E-state index is 9.59. The van der Waals surface area contributed by atoms with Crippen LogP contribution in [0.5, 0.6) is 5.75 Å². The van der Waals surface area contributed by atoms with E-state index in [2.05, 4.69) is 12.1 Å². The molecule has 0 heterocycles. The summed E-state index contributed by atoms with van der Waals surface area (Å²) in [5, 5.41) is 9.59. The lowest BCUT2D eigenvalue weighted by Gasteiger charge is -2.17. The number of aryl methyl sites for hydroxylation is 1. The van der Waals surface area contributed by atoms with E-state index >= 15 is 0 Å². The quantitative estimate of drug-likeness (QED) is 0.841. The van der Waals surface area contributed by atoms with Gasteiger partial charge in [0, 0.05) is 12.5 Å². The predicted octanol–water partition coefficient (Wildman–Crippen LogP) is 2.17. The Morgan fingerprint density at radius 3 is 2.94 bits per heavy atom. The van der Waals surface area contributed by atoms with Crippen LogP contribution in [0.1, 0.15) is 43.9 Å². The average Bonchev–Trinajstić information content (AvgIpc) is 2.58. The molecule has 0 saturated heterocycles. The third kappa shape index (κ3) is 3.20. The molecule has 0 spiro atoms. The van der Waals surface area contributed by atoms with Crippen molar-refractivity contribution in [1.29, 1.82) is 0 Å². The maximum absolute atomic E-state index is 9.59. The van der Waals surface area contributed by atoms with E-state index in [4.69, 9.17) is 10.5 Å². The standard InChI is InChI=1S/C14H21NO2/c1-14(2,16)7-8-17-11-4-5-12-10(9-11)3-6-13(12)15/h4-5,9,13,16H,3,6-8,15H2,1-2H3/t13-/m1/s1. The second-order valence-corrected chi connectivity index (χ2v) is 5.42. The summed E-state index contributed by atoms with van der Waals surface area (Å²) in [6.45, 7) is 4.12. The molecule has 94 valence electrons. The number of fused-ring (bicyclic) bond motifs is 1. The minimum Gasteiger partial charge on any atom is -0.493 e. The van der Waals surface area contributed by atoms with Crippen molar-refractivity contribution in [1.82, 2.24) is 0 Å². The fraction of sp³-hybridized carbons (Fsp3) is 0.571. The first-order chi connectivity index (χ1) is 7.96. The van der Waals surface area contributed by atoms with Gasteiger partial charge >= 0.3 is 0 Å². The first-order valence-electron chi connectivity index (χ1n) is 6.19. The second-order valence-electron chi connectivity index (χ2n) is 5.42. The van der Waals surface area contributed by atoms with Gasteiger partial charge in [0.05, 0.1) is 12.2 Å². The highest BCUT2D eigenvalue weighted by molar-refractivity contribution is 5.40. The van der Waals surface area contributed by atoms with Gasteiger partial charge in [-0.2, -0.15) is 0 Å². The normalized spacial score (nSPS) is 19.2. The monoisotopic (exact) mass is 235 g/mol. The summed E-state index contributed by atoms with van der Waals surface area (Å²) < 4.78 is 5.64. The predicted molar refractivity (Wildman–Crippen MR) is 68.1 cm³/mol. The van der Waals surface area contributed by atoms with Gasteiger partial charge in [-0.15, -0.1) is 0 Å². The van der Waals surface area contributed by atoms with E-state index in [-0.39, 0.29) is 6.04 Å². The molecule has 1 aromatic carbocycles. The Balaban J connectivity index is 1.95. The Labute approximate surface area is 103 Å². The van der Waals surface area contributed by atoms with Crippen LogP contribution in [-0.2, 0) is 6.42 Å². The van der Waals surface area contributed by atoms with E-state index in [1.807, 2.05) is 6.07 Å². The Morgan fingerprint density at radius 1 is 1.47 bits per heavy atom. The Morgan fingerprint density at radius 2 is 2.24 bits per heavy atom. The fourth-order valence-electron chi connectivity index (χ4n) is 2.14. The number of hydrogen-bond donors (Lipinski definition) is 2. The lowest BCUT2D eigenvalue weighted by atomic mass is 10.1. The number of aliphatic hydroxyl groups is 1. The van der Waals surface area contributed by atoms with E-state index < -0.39 is 5.60 Å². The molecule has 0 radical (unpaired) electrons. The average molecular weight is 235 g/mol. The summed E-state index contributed by atoms with van der Waals surface area (Å²) in [5.74, 6) is 0.877. The summed E-state index contributed by atoms with van der Waals surface area (Å²) in [4.78, 5) is 0. The van der Waals surface area contributed by atoms with Crippen LogP contribution in [0.25, 0.3) is 0 Å². The zero-order valence-electron chi connectivity index (χ0n) is 10.6. The third-order valence-electron chi connectivity index (χ3n) is 3.22. The molecular weight excluding hydrogens is 214 g/mol. The molecule has 17 heavy (non-hydrogen) atoms. The van der Waals surface area contributed by atoms with Crippen molar-refractivity contribution >= 4 is 0 Å². The molecular formula is C14H21NO2. The molecule has 2 rings (SSSR count). The van der Waals surface area contributed by atoms with Crippen LogP contribution in [0, 0.1) is 0 Å². The van der Waals surface area contributed by atoms with Crippen molar-refractivity contribution in [3.63, 3.8) is 0 Å². The largest absolute Gasteiger partial charge is 0.493 e. The molecule has 0 aliphatic heterocycles. The van der Waals surface area contributed by atoms with Crippen LogP contribution in [0.2, 0.25) is 0 Å². The summed E-state index contributed by atoms with van der Waals surface area (Å²) in [6.07, 6.45) is 2.70. The van der Waals surface area contributed by atoms with Crippen molar-refractivity contribution in [3.8, 4) is 5.75 Å².